The summed E-state index contributed by atoms with van der Waals surface area (Å²) in [5.74, 6) is -0.217. The van der Waals surface area contributed by atoms with Gasteiger partial charge in [0.1, 0.15) is 0 Å². The summed E-state index contributed by atoms with van der Waals surface area (Å²) in [5.41, 5.74) is 2.37. The van der Waals surface area contributed by atoms with Gasteiger partial charge in [0.2, 0.25) is 10.0 Å². The lowest BCUT2D eigenvalue weighted by Crippen LogP contribution is -2.33. The largest absolute Gasteiger partial charge is 0.284 e. The molecule has 0 spiro atoms. The number of sulfonamides is 1. The van der Waals surface area contributed by atoms with E-state index in [-0.39, 0.29) is 16.8 Å². The van der Waals surface area contributed by atoms with Crippen molar-refractivity contribution >= 4 is 42.6 Å². The topological polar surface area (TPSA) is 79.4 Å². The Kier molecular flexibility index (Phi) is 6.88. The molecule has 0 fully saturated rings. The van der Waals surface area contributed by atoms with Crippen LogP contribution in [0.25, 0.3) is 10.2 Å². The number of hydrogen-bond donors (Lipinski definition) is 1. The van der Waals surface area contributed by atoms with E-state index in [9.17, 15) is 13.2 Å². The Labute approximate surface area is 198 Å². The number of carbonyl (C=O) groups excluding carboxylic acids is 1. The molecule has 1 amide bonds. The molecule has 6 nitrogen and oxygen atoms in total. The normalized spacial score (nSPS) is 11.7. The number of aromatic nitrogens is 1. The predicted molar refractivity (Wildman–Crippen MR) is 133 cm³/mol. The fourth-order valence-corrected chi connectivity index (χ4v) is 5.70. The number of nitrogens with one attached hydrogen (secondary N) is 1. The number of para-hydroxylation sites is 1. The van der Waals surface area contributed by atoms with Gasteiger partial charge >= 0.3 is 0 Å². The van der Waals surface area contributed by atoms with Gasteiger partial charge < -0.3 is 0 Å². The Morgan fingerprint density at radius 1 is 0.970 bits per heavy atom. The Balaban J connectivity index is 1.63. The van der Waals surface area contributed by atoms with Crippen LogP contribution in [0.4, 0.5) is 5.13 Å². The maximum Gasteiger partial charge on any atom is 0.260 e. The first-order chi connectivity index (χ1) is 15.8. The minimum Gasteiger partial charge on any atom is -0.284 e. The summed E-state index contributed by atoms with van der Waals surface area (Å²) < 4.78 is 28.4. The van der Waals surface area contributed by atoms with Crippen molar-refractivity contribution in [3.8, 4) is 0 Å². The first-order valence-corrected chi connectivity index (χ1v) is 13.0. The predicted octanol–water partition coefficient (Wildman–Crippen LogP) is 4.87. The van der Waals surface area contributed by atoms with Crippen molar-refractivity contribution in [3.63, 3.8) is 0 Å². The zero-order valence-electron chi connectivity index (χ0n) is 18.4. The zero-order chi connectivity index (χ0) is 23.4. The average Bonchev–Trinajstić information content (AvgIpc) is 3.23. The van der Waals surface area contributed by atoms with Gasteiger partial charge in [-0.2, -0.15) is 0 Å². The number of amides is 1. The first-order valence-electron chi connectivity index (χ1n) is 10.7. The molecule has 170 valence electrons. The monoisotopic (exact) mass is 479 g/mol. The molecule has 1 heterocycles. The second-order valence-corrected chi connectivity index (χ2v) is 10.7. The van der Waals surface area contributed by atoms with E-state index in [0.717, 1.165) is 15.8 Å². The van der Waals surface area contributed by atoms with Crippen LogP contribution in [0.3, 0.4) is 0 Å². The quantitative estimate of drug-likeness (QED) is 0.391. The van der Waals surface area contributed by atoms with Crippen molar-refractivity contribution < 1.29 is 13.2 Å². The Hall–Kier alpha value is -3.07. The lowest BCUT2D eigenvalue weighted by atomic mass is 10.1. The maximum atomic E-state index is 13.5. The number of fused-ring (bicyclic) bond motifs is 1. The molecule has 8 heteroatoms. The van der Waals surface area contributed by atoms with Gasteiger partial charge in [0, 0.05) is 18.2 Å². The molecule has 0 saturated heterocycles. The van der Waals surface area contributed by atoms with E-state index in [2.05, 4.69) is 9.71 Å². The van der Waals surface area contributed by atoms with Gasteiger partial charge in [0.15, 0.2) is 5.13 Å². The van der Waals surface area contributed by atoms with Crippen LogP contribution in [0.2, 0.25) is 0 Å². The third-order valence-electron chi connectivity index (χ3n) is 5.03. The molecule has 1 aromatic heterocycles. The van der Waals surface area contributed by atoms with Gasteiger partial charge in [-0.15, -0.1) is 0 Å². The number of nitrogens with zero attached hydrogens (tertiary/aromatic N) is 2. The van der Waals surface area contributed by atoms with E-state index in [1.807, 2.05) is 54.6 Å². The second kappa shape index (κ2) is 9.82. The summed E-state index contributed by atoms with van der Waals surface area (Å²) in [4.78, 5) is 20.0. The summed E-state index contributed by atoms with van der Waals surface area (Å²) in [5, 5.41) is 0.621. The molecule has 0 unspecified atom stereocenters. The van der Waals surface area contributed by atoms with Crippen LogP contribution in [-0.4, -0.2) is 31.9 Å². The van der Waals surface area contributed by atoms with Crippen LogP contribution in [-0.2, 0) is 16.4 Å². The van der Waals surface area contributed by atoms with Gasteiger partial charge in [-0.3, -0.25) is 9.69 Å². The summed E-state index contributed by atoms with van der Waals surface area (Å²) in [6.07, 6.45) is 0.674. The standard InChI is InChI=1S/C25H25N3O3S2/c1-18(2)27-33(30,31)21-14-12-20(13-15-21)24(29)28(17-16-19-8-4-3-5-9-19)25-26-22-10-6-7-11-23(22)32-25/h3-15,18,27H,16-17H2,1-2H3. The molecule has 33 heavy (non-hydrogen) atoms. The van der Waals surface area contributed by atoms with Crippen molar-refractivity contribution in [2.45, 2.75) is 31.2 Å². The van der Waals surface area contributed by atoms with Crippen molar-refractivity contribution in [2.24, 2.45) is 0 Å². The summed E-state index contributed by atoms with van der Waals surface area (Å²) in [6.45, 7) is 3.98. The molecule has 4 aromatic rings. The fourth-order valence-electron chi connectivity index (χ4n) is 3.46. The molecule has 0 aliphatic heterocycles. The molecule has 0 bridgehead atoms. The molecule has 4 rings (SSSR count). The van der Waals surface area contributed by atoms with Gasteiger partial charge in [-0.05, 0) is 62.2 Å². The van der Waals surface area contributed by atoms with E-state index in [4.69, 9.17) is 0 Å². The smallest absolute Gasteiger partial charge is 0.260 e. The summed E-state index contributed by atoms with van der Waals surface area (Å²) in [6, 6.07) is 23.6. The highest BCUT2D eigenvalue weighted by atomic mass is 32.2. The molecular weight excluding hydrogens is 454 g/mol. The molecule has 0 radical (unpaired) electrons. The maximum absolute atomic E-state index is 13.5. The van der Waals surface area contributed by atoms with Gasteiger partial charge in [0.05, 0.1) is 15.1 Å². The number of anilines is 1. The van der Waals surface area contributed by atoms with Gasteiger partial charge in [0.25, 0.3) is 5.91 Å². The third kappa shape index (κ3) is 5.47. The number of hydrogen-bond acceptors (Lipinski definition) is 5. The lowest BCUT2D eigenvalue weighted by molar-refractivity contribution is 0.0987. The lowest BCUT2D eigenvalue weighted by Gasteiger charge is -2.20. The minimum atomic E-state index is -3.62. The van der Waals surface area contributed by atoms with Crippen molar-refractivity contribution in [3.05, 3.63) is 90.0 Å². The molecule has 3 aromatic carbocycles. The van der Waals surface area contributed by atoms with Crippen LogP contribution in [0.5, 0.6) is 0 Å². The Bertz CT molecular complexity index is 1320. The molecule has 0 saturated carbocycles. The minimum absolute atomic E-state index is 0.128. The molecular formula is C25H25N3O3S2. The zero-order valence-corrected chi connectivity index (χ0v) is 20.1. The Morgan fingerprint density at radius 2 is 1.64 bits per heavy atom. The number of carbonyl (C=O) groups is 1. The van der Waals surface area contributed by atoms with E-state index in [1.165, 1.54) is 23.5 Å². The Morgan fingerprint density at radius 3 is 2.30 bits per heavy atom. The number of thiazole rings is 1. The van der Waals surface area contributed by atoms with Gasteiger partial charge in [-0.25, -0.2) is 18.1 Å². The fraction of sp³-hybridized carbons (Fsp3) is 0.200. The average molecular weight is 480 g/mol. The van der Waals surface area contributed by atoms with Gasteiger partial charge in [-0.1, -0.05) is 53.8 Å². The van der Waals surface area contributed by atoms with Crippen molar-refractivity contribution in [2.75, 3.05) is 11.4 Å². The molecule has 0 atom stereocenters. The van der Waals surface area contributed by atoms with E-state index < -0.39 is 10.0 Å². The van der Waals surface area contributed by atoms with Crippen LogP contribution in [0, 0.1) is 0 Å². The highest BCUT2D eigenvalue weighted by Crippen LogP contribution is 2.30. The SMILES string of the molecule is CC(C)NS(=O)(=O)c1ccc(C(=O)N(CCc2ccccc2)c2nc3ccccc3s2)cc1. The molecule has 1 N–H and O–H groups in total. The highest BCUT2D eigenvalue weighted by molar-refractivity contribution is 7.89. The van der Waals surface area contributed by atoms with Crippen molar-refractivity contribution in [1.29, 1.82) is 0 Å². The number of rotatable bonds is 8. The van der Waals surface area contributed by atoms with E-state index >= 15 is 0 Å². The molecule has 0 aliphatic rings. The summed E-state index contributed by atoms with van der Waals surface area (Å²) in [7, 11) is -3.62. The molecule has 0 aliphatic carbocycles. The third-order valence-corrected chi connectivity index (χ3v) is 7.76. The first kappa shape index (κ1) is 23.1. The van der Waals surface area contributed by atoms with E-state index in [1.54, 1.807) is 30.9 Å². The second-order valence-electron chi connectivity index (χ2n) is 7.96. The number of benzene rings is 3. The van der Waals surface area contributed by atoms with Crippen LogP contribution < -0.4 is 9.62 Å². The summed E-state index contributed by atoms with van der Waals surface area (Å²) >= 11 is 1.47. The van der Waals surface area contributed by atoms with Crippen LogP contribution in [0.15, 0.2) is 83.8 Å². The highest BCUT2D eigenvalue weighted by Gasteiger charge is 2.22. The van der Waals surface area contributed by atoms with E-state index in [0.29, 0.717) is 23.7 Å². The van der Waals surface area contributed by atoms with Crippen LogP contribution in [0.1, 0.15) is 29.8 Å². The van der Waals surface area contributed by atoms with Crippen molar-refractivity contribution in [1.82, 2.24) is 9.71 Å². The van der Waals surface area contributed by atoms with Crippen LogP contribution >= 0.6 is 11.3 Å².